The van der Waals surface area contributed by atoms with Crippen molar-refractivity contribution in [2.24, 2.45) is 0 Å². The molecule has 1 aliphatic carbocycles. The first-order valence-corrected chi connectivity index (χ1v) is 7.79. The first-order chi connectivity index (χ1) is 10.1. The highest BCUT2D eigenvalue weighted by atomic mass is 35.5. The minimum Gasteiger partial charge on any atom is -0.381 e. The second-order valence-corrected chi connectivity index (χ2v) is 6.41. The van der Waals surface area contributed by atoms with Crippen LogP contribution in [0.5, 0.6) is 0 Å². The van der Waals surface area contributed by atoms with E-state index in [1.54, 1.807) is 0 Å². The van der Waals surface area contributed by atoms with Gasteiger partial charge in [-0.15, -0.1) is 0 Å². The zero-order valence-corrected chi connectivity index (χ0v) is 13.3. The van der Waals surface area contributed by atoms with E-state index in [2.05, 4.69) is 60.7 Å². The van der Waals surface area contributed by atoms with Crippen molar-refractivity contribution in [2.45, 2.75) is 24.8 Å². The molecule has 0 bridgehead atoms. The molecule has 1 N–H and O–H groups in total. The molecule has 0 radical (unpaired) electrons. The van der Waals surface area contributed by atoms with E-state index in [4.69, 9.17) is 11.6 Å². The van der Waals surface area contributed by atoms with Gasteiger partial charge in [-0.1, -0.05) is 35.9 Å². The monoisotopic (exact) mass is 300 g/mol. The molecule has 0 amide bonds. The van der Waals surface area contributed by atoms with Crippen LogP contribution < -0.4 is 10.2 Å². The average molecular weight is 301 g/mol. The Bertz CT molecular complexity index is 601. The lowest BCUT2D eigenvalue weighted by atomic mass is 9.76. The van der Waals surface area contributed by atoms with Crippen molar-refractivity contribution in [2.75, 3.05) is 24.3 Å². The van der Waals surface area contributed by atoms with Crippen molar-refractivity contribution in [3.8, 4) is 0 Å². The lowest BCUT2D eigenvalue weighted by Gasteiger charge is -2.37. The van der Waals surface area contributed by atoms with Crippen LogP contribution in [0.25, 0.3) is 0 Å². The summed E-state index contributed by atoms with van der Waals surface area (Å²) in [5.74, 6) is 0.659. The SMILES string of the molecule is CN(C)c1ccccc1NC1CC(c2ccc(Cl)cc2)C1. The van der Waals surface area contributed by atoms with Gasteiger partial charge in [-0.05, 0) is 48.6 Å². The Labute approximate surface area is 131 Å². The van der Waals surface area contributed by atoms with Crippen molar-refractivity contribution in [1.29, 1.82) is 0 Å². The molecule has 3 heteroatoms. The summed E-state index contributed by atoms with van der Waals surface area (Å²) in [5, 5.41) is 4.48. The molecule has 0 heterocycles. The minimum absolute atomic E-state index is 0.562. The highest BCUT2D eigenvalue weighted by Crippen LogP contribution is 2.39. The number of rotatable bonds is 4. The van der Waals surface area contributed by atoms with Gasteiger partial charge in [-0.2, -0.15) is 0 Å². The molecule has 0 aliphatic heterocycles. The van der Waals surface area contributed by atoms with Gasteiger partial charge in [-0.3, -0.25) is 0 Å². The number of nitrogens with one attached hydrogen (secondary N) is 1. The van der Waals surface area contributed by atoms with Gasteiger partial charge < -0.3 is 10.2 Å². The summed E-state index contributed by atoms with van der Waals surface area (Å²) in [6.07, 6.45) is 2.37. The first kappa shape index (κ1) is 14.3. The van der Waals surface area contributed by atoms with E-state index >= 15 is 0 Å². The van der Waals surface area contributed by atoms with Crippen LogP contribution in [0.4, 0.5) is 11.4 Å². The third-order valence-corrected chi connectivity index (χ3v) is 4.48. The number of halogens is 1. The highest BCUT2D eigenvalue weighted by Gasteiger charge is 2.30. The first-order valence-electron chi connectivity index (χ1n) is 7.42. The Kier molecular flexibility index (Phi) is 4.07. The molecule has 0 unspecified atom stereocenters. The predicted molar refractivity (Wildman–Crippen MR) is 91.6 cm³/mol. The van der Waals surface area contributed by atoms with Crippen LogP contribution in [0.2, 0.25) is 5.02 Å². The van der Waals surface area contributed by atoms with E-state index in [-0.39, 0.29) is 0 Å². The van der Waals surface area contributed by atoms with Gasteiger partial charge in [0.25, 0.3) is 0 Å². The van der Waals surface area contributed by atoms with E-state index in [0.29, 0.717) is 12.0 Å². The van der Waals surface area contributed by atoms with Crippen LogP contribution >= 0.6 is 11.6 Å². The van der Waals surface area contributed by atoms with Gasteiger partial charge in [0.1, 0.15) is 0 Å². The molecule has 2 aromatic rings. The summed E-state index contributed by atoms with van der Waals surface area (Å²) in [4.78, 5) is 2.15. The summed E-state index contributed by atoms with van der Waals surface area (Å²) >= 11 is 5.94. The normalized spacial score (nSPS) is 20.7. The second-order valence-electron chi connectivity index (χ2n) is 5.97. The molecule has 110 valence electrons. The van der Waals surface area contributed by atoms with E-state index in [9.17, 15) is 0 Å². The Morgan fingerprint density at radius 2 is 1.67 bits per heavy atom. The molecule has 1 saturated carbocycles. The fourth-order valence-corrected chi connectivity index (χ4v) is 3.07. The maximum Gasteiger partial charge on any atom is 0.0596 e. The third-order valence-electron chi connectivity index (χ3n) is 4.22. The zero-order valence-electron chi connectivity index (χ0n) is 12.5. The summed E-state index contributed by atoms with van der Waals surface area (Å²) in [7, 11) is 4.16. The van der Waals surface area contributed by atoms with Crippen LogP contribution in [-0.2, 0) is 0 Å². The zero-order chi connectivity index (χ0) is 14.8. The number of benzene rings is 2. The van der Waals surface area contributed by atoms with Crippen molar-refractivity contribution in [3.63, 3.8) is 0 Å². The Hall–Kier alpha value is -1.67. The standard InChI is InChI=1S/C18H21ClN2/c1-21(2)18-6-4-3-5-17(18)20-16-11-14(12-16)13-7-9-15(19)10-8-13/h3-10,14,16,20H,11-12H2,1-2H3. The Morgan fingerprint density at radius 1 is 1.00 bits per heavy atom. The quantitative estimate of drug-likeness (QED) is 0.875. The van der Waals surface area contributed by atoms with Gasteiger partial charge in [0.15, 0.2) is 0 Å². The van der Waals surface area contributed by atoms with E-state index < -0.39 is 0 Å². The highest BCUT2D eigenvalue weighted by molar-refractivity contribution is 6.30. The van der Waals surface area contributed by atoms with Crippen molar-refractivity contribution in [3.05, 3.63) is 59.1 Å². The lowest BCUT2D eigenvalue weighted by molar-refractivity contribution is 0.374. The fourth-order valence-electron chi connectivity index (χ4n) is 2.95. The van der Waals surface area contributed by atoms with E-state index in [1.165, 1.54) is 29.8 Å². The van der Waals surface area contributed by atoms with Gasteiger partial charge in [0, 0.05) is 25.2 Å². The summed E-state index contributed by atoms with van der Waals surface area (Å²) in [6.45, 7) is 0. The van der Waals surface area contributed by atoms with Crippen LogP contribution in [0.3, 0.4) is 0 Å². The van der Waals surface area contributed by atoms with Crippen LogP contribution in [-0.4, -0.2) is 20.1 Å². The Balaban J connectivity index is 1.61. The summed E-state index contributed by atoms with van der Waals surface area (Å²) in [6, 6.07) is 17.3. The van der Waals surface area contributed by atoms with Gasteiger partial charge in [0.2, 0.25) is 0 Å². The summed E-state index contributed by atoms with van der Waals surface area (Å²) < 4.78 is 0. The van der Waals surface area contributed by atoms with Gasteiger partial charge in [-0.25, -0.2) is 0 Å². The molecule has 21 heavy (non-hydrogen) atoms. The molecule has 0 saturated heterocycles. The molecular formula is C18H21ClN2. The van der Waals surface area contributed by atoms with Crippen molar-refractivity contribution in [1.82, 2.24) is 0 Å². The largest absolute Gasteiger partial charge is 0.381 e. The number of para-hydroxylation sites is 2. The molecule has 2 aromatic carbocycles. The molecule has 3 rings (SSSR count). The molecule has 1 fully saturated rings. The summed E-state index contributed by atoms with van der Waals surface area (Å²) in [5.41, 5.74) is 3.87. The molecular weight excluding hydrogens is 280 g/mol. The third kappa shape index (κ3) is 3.16. The molecule has 0 spiro atoms. The lowest BCUT2D eigenvalue weighted by Crippen LogP contribution is -2.34. The Morgan fingerprint density at radius 3 is 2.33 bits per heavy atom. The second kappa shape index (κ2) is 5.98. The molecule has 1 aliphatic rings. The van der Waals surface area contributed by atoms with Crippen LogP contribution in [0, 0.1) is 0 Å². The van der Waals surface area contributed by atoms with Gasteiger partial charge in [0.05, 0.1) is 11.4 Å². The molecule has 0 aromatic heterocycles. The average Bonchev–Trinajstić information content (AvgIpc) is 2.44. The van der Waals surface area contributed by atoms with Crippen molar-refractivity contribution >= 4 is 23.0 Å². The maximum absolute atomic E-state index is 5.94. The fraction of sp³-hybridized carbons (Fsp3) is 0.333. The maximum atomic E-state index is 5.94. The molecule has 2 nitrogen and oxygen atoms in total. The van der Waals surface area contributed by atoms with Crippen LogP contribution in [0.1, 0.15) is 24.3 Å². The number of hydrogen-bond acceptors (Lipinski definition) is 2. The predicted octanol–water partition coefficient (Wildman–Crippen LogP) is 4.76. The number of anilines is 2. The topological polar surface area (TPSA) is 15.3 Å². The van der Waals surface area contributed by atoms with Crippen LogP contribution in [0.15, 0.2) is 48.5 Å². The smallest absolute Gasteiger partial charge is 0.0596 e. The number of hydrogen-bond donors (Lipinski definition) is 1. The minimum atomic E-state index is 0.562. The van der Waals surface area contributed by atoms with E-state index in [1.807, 2.05) is 12.1 Å². The van der Waals surface area contributed by atoms with E-state index in [0.717, 1.165) is 5.02 Å². The molecule has 0 atom stereocenters. The van der Waals surface area contributed by atoms with Gasteiger partial charge >= 0.3 is 0 Å². The number of nitrogens with zero attached hydrogens (tertiary/aromatic N) is 1. The van der Waals surface area contributed by atoms with Crippen molar-refractivity contribution < 1.29 is 0 Å².